The zero-order valence-corrected chi connectivity index (χ0v) is 11.7. The fourth-order valence-electron chi connectivity index (χ4n) is 1.77. The van der Waals surface area contributed by atoms with Crippen LogP contribution in [-0.2, 0) is 6.42 Å². The molecule has 6 heteroatoms. The summed E-state index contributed by atoms with van der Waals surface area (Å²) in [7, 11) is 0. The van der Waals surface area contributed by atoms with Crippen molar-refractivity contribution in [2.45, 2.75) is 26.3 Å². The number of carbonyl (C=O) groups excluding carboxylic acids is 1. The largest absolute Gasteiger partial charge is 0.375 e. The maximum absolute atomic E-state index is 11.9. The van der Waals surface area contributed by atoms with Crippen molar-refractivity contribution in [1.29, 1.82) is 0 Å². The van der Waals surface area contributed by atoms with Gasteiger partial charge in [0.15, 0.2) is 5.13 Å². The molecule has 1 atom stereocenters. The molecular formula is C13H16N4OS. The van der Waals surface area contributed by atoms with E-state index in [1.165, 1.54) is 17.5 Å². The van der Waals surface area contributed by atoms with Crippen molar-refractivity contribution >= 4 is 22.4 Å². The van der Waals surface area contributed by atoms with Gasteiger partial charge in [0.2, 0.25) is 0 Å². The first-order chi connectivity index (χ1) is 9.04. The molecular weight excluding hydrogens is 260 g/mol. The van der Waals surface area contributed by atoms with E-state index in [0.717, 1.165) is 11.4 Å². The minimum atomic E-state index is -0.144. The number of nitrogen functional groups attached to an aromatic ring is 1. The smallest absolute Gasteiger partial charge is 0.263 e. The second kappa shape index (κ2) is 5.79. The minimum absolute atomic E-state index is 0.00474. The molecule has 0 bridgehead atoms. The lowest BCUT2D eigenvalue weighted by Crippen LogP contribution is -2.33. The van der Waals surface area contributed by atoms with Gasteiger partial charge in [0.05, 0.1) is 6.20 Å². The van der Waals surface area contributed by atoms with Gasteiger partial charge in [-0.3, -0.25) is 9.78 Å². The first-order valence-corrected chi connectivity index (χ1v) is 6.81. The lowest BCUT2D eigenvalue weighted by atomic mass is 10.1. The number of hydrogen-bond acceptors (Lipinski definition) is 5. The molecule has 5 nitrogen and oxygen atoms in total. The van der Waals surface area contributed by atoms with Crippen molar-refractivity contribution in [1.82, 2.24) is 15.3 Å². The standard InChI is InChI=1S/C13H16N4OS/c1-8-4-3-5-10(16-8)6-9(2)17-12(18)11-7-15-13(14)19-11/h3-5,7,9H,6H2,1-2H3,(H2,14,15)(H,17,18)/t9-/m0/s1. The normalized spacial score (nSPS) is 12.1. The van der Waals surface area contributed by atoms with Crippen molar-refractivity contribution in [2.75, 3.05) is 5.73 Å². The molecule has 0 aliphatic carbocycles. The molecule has 0 aromatic carbocycles. The molecule has 0 spiro atoms. The summed E-state index contributed by atoms with van der Waals surface area (Å²) in [5, 5.41) is 3.31. The van der Waals surface area contributed by atoms with Crippen LogP contribution in [0.5, 0.6) is 0 Å². The number of thiazole rings is 1. The van der Waals surface area contributed by atoms with Crippen LogP contribution >= 0.6 is 11.3 Å². The summed E-state index contributed by atoms with van der Waals surface area (Å²) in [6.07, 6.45) is 2.19. The molecule has 0 aliphatic rings. The first kappa shape index (κ1) is 13.5. The Morgan fingerprint density at radius 1 is 1.53 bits per heavy atom. The van der Waals surface area contributed by atoms with Crippen molar-refractivity contribution in [3.05, 3.63) is 40.7 Å². The van der Waals surface area contributed by atoms with Gasteiger partial charge in [0, 0.05) is 23.9 Å². The molecule has 3 N–H and O–H groups in total. The molecule has 0 unspecified atom stereocenters. The van der Waals surface area contributed by atoms with Crippen molar-refractivity contribution < 1.29 is 4.79 Å². The van der Waals surface area contributed by atoms with Gasteiger partial charge in [0.25, 0.3) is 5.91 Å². The maximum atomic E-state index is 11.9. The lowest BCUT2D eigenvalue weighted by molar-refractivity contribution is 0.0944. The zero-order valence-electron chi connectivity index (χ0n) is 10.9. The van der Waals surface area contributed by atoms with Crippen LogP contribution in [0.2, 0.25) is 0 Å². The molecule has 0 fully saturated rings. The highest BCUT2D eigenvalue weighted by Crippen LogP contribution is 2.14. The van der Waals surface area contributed by atoms with E-state index >= 15 is 0 Å². The van der Waals surface area contributed by atoms with E-state index in [-0.39, 0.29) is 11.9 Å². The van der Waals surface area contributed by atoms with Gasteiger partial charge in [-0.05, 0) is 26.0 Å². The number of nitrogens with zero attached hydrogens (tertiary/aromatic N) is 2. The predicted molar refractivity (Wildman–Crippen MR) is 76.1 cm³/mol. The molecule has 1 amide bonds. The molecule has 0 saturated carbocycles. The fraction of sp³-hybridized carbons (Fsp3) is 0.308. The van der Waals surface area contributed by atoms with E-state index in [1.807, 2.05) is 32.0 Å². The Morgan fingerprint density at radius 2 is 2.32 bits per heavy atom. The number of amides is 1. The summed E-state index contributed by atoms with van der Waals surface area (Å²) in [4.78, 5) is 20.7. The Bertz CT molecular complexity index is 582. The number of hydrogen-bond donors (Lipinski definition) is 2. The van der Waals surface area contributed by atoms with Crippen LogP contribution in [-0.4, -0.2) is 21.9 Å². The predicted octanol–water partition coefficient (Wildman–Crippen LogP) is 1.79. The highest BCUT2D eigenvalue weighted by molar-refractivity contribution is 7.17. The summed E-state index contributed by atoms with van der Waals surface area (Å²) in [5.74, 6) is -0.144. The SMILES string of the molecule is Cc1cccc(C[C@H](C)NC(=O)c2cnc(N)s2)n1. The summed E-state index contributed by atoms with van der Waals surface area (Å²) in [6, 6.07) is 5.88. The Labute approximate surface area is 115 Å². The van der Waals surface area contributed by atoms with Gasteiger partial charge in [0.1, 0.15) is 4.88 Å². The average Bonchev–Trinajstić information content (AvgIpc) is 2.75. The van der Waals surface area contributed by atoms with E-state index in [9.17, 15) is 4.79 Å². The molecule has 0 saturated heterocycles. The zero-order chi connectivity index (χ0) is 13.8. The molecule has 100 valence electrons. The average molecular weight is 276 g/mol. The Kier molecular flexibility index (Phi) is 4.11. The minimum Gasteiger partial charge on any atom is -0.375 e. The quantitative estimate of drug-likeness (QED) is 0.892. The summed E-state index contributed by atoms with van der Waals surface area (Å²) in [5.41, 5.74) is 7.45. The van der Waals surface area contributed by atoms with Crippen LogP contribution in [0.4, 0.5) is 5.13 Å². The van der Waals surface area contributed by atoms with Crippen LogP contribution in [0.3, 0.4) is 0 Å². The van der Waals surface area contributed by atoms with Gasteiger partial charge in [-0.2, -0.15) is 0 Å². The highest BCUT2D eigenvalue weighted by Gasteiger charge is 2.13. The van der Waals surface area contributed by atoms with Crippen molar-refractivity contribution in [3.63, 3.8) is 0 Å². The number of pyridine rings is 1. The summed E-state index contributed by atoms with van der Waals surface area (Å²) >= 11 is 1.19. The number of nitrogens with one attached hydrogen (secondary N) is 1. The molecule has 0 radical (unpaired) electrons. The molecule has 19 heavy (non-hydrogen) atoms. The van der Waals surface area contributed by atoms with Crippen LogP contribution in [0.25, 0.3) is 0 Å². The number of carbonyl (C=O) groups is 1. The second-order valence-electron chi connectivity index (χ2n) is 4.41. The molecule has 2 heterocycles. The topological polar surface area (TPSA) is 80.9 Å². The summed E-state index contributed by atoms with van der Waals surface area (Å²) in [6.45, 7) is 3.90. The van der Waals surface area contributed by atoms with Crippen molar-refractivity contribution in [2.24, 2.45) is 0 Å². The van der Waals surface area contributed by atoms with Gasteiger partial charge in [-0.25, -0.2) is 4.98 Å². The van der Waals surface area contributed by atoms with Gasteiger partial charge >= 0.3 is 0 Å². The Morgan fingerprint density at radius 3 is 2.95 bits per heavy atom. The molecule has 2 aromatic rings. The van der Waals surface area contributed by atoms with Crippen LogP contribution in [0.1, 0.15) is 28.0 Å². The fourth-order valence-corrected chi connectivity index (χ4v) is 2.35. The lowest BCUT2D eigenvalue weighted by Gasteiger charge is -2.12. The third-order valence-corrected chi connectivity index (χ3v) is 3.41. The van der Waals surface area contributed by atoms with E-state index in [1.54, 1.807) is 0 Å². The number of anilines is 1. The van der Waals surface area contributed by atoms with E-state index in [2.05, 4.69) is 15.3 Å². The maximum Gasteiger partial charge on any atom is 0.263 e. The van der Waals surface area contributed by atoms with Gasteiger partial charge in [-0.1, -0.05) is 17.4 Å². The van der Waals surface area contributed by atoms with Crippen LogP contribution < -0.4 is 11.1 Å². The number of aryl methyl sites for hydroxylation is 1. The third kappa shape index (κ3) is 3.75. The van der Waals surface area contributed by atoms with E-state index in [4.69, 9.17) is 5.73 Å². The van der Waals surface area contributed by atoms with Crippen LogP contribution in [0, 0.1) is 6.92 Å². The monoisotopic (exact) mass is 276 g/mol. The third-order valence-electron chi connectivity index (χ3n) is 2.59. The van der Waals surface area contributed by atoms with Gasteiger partial charge in [-0.15, -0.1) is 0 Å². The number of rotatable bonds is 4. The van der Waals surface area contributed by atoms with Crippen LogP contribution in [0.15, 0.2) is 24.4 Å². The number of aromatic nitrogens is 2. The first-order valence-electron chi connectivity index (χ1n) is 5.99. The number of nitrogens with two attached hydrogens (primary N) is 1. The van der Waals surface area contributed by atoms with Crippen molar-refractivity contribution in [3.8, 4) is 0 Å². The molecule has 2 aromatic heterocycles. The van der Waals surface area contributed by atoms with E-state index in [0.29, 0.717) is 16.4 Å². The summed E-state index contributed by atoms with van der Waals surface area (Å²) < 4.78 is 0. The van der Waals surface area contributed by atoms with Gasteiger partial charge < -0.3 is 11.1 Å². The molecule has 0 aliphatic heterocycles. The second-order valence-corrected chi connectivity index (χ2v) is 5.47. The molecule has 2 rings (SSSR count). The highest BCUT2D eigenvalue weighted by atomic mass is 32.1. The Balaban J connectivity index is 1.94. The van der Waals surface area contributed by atoms with E-state index < -0.39 is 0 Å². The Hall–Kier alpha value is -1.95.